The molecule has 1 unspecified atom stereocenters. The van der Waals surface area contributed by atoms with E-state index in [1.54, 1.807) is 6.07 Å². The monoisotopic (exact) mass is 259 g/mol. The second kappa shape index (κ2) is 4.19. The van der Waals surface area contributed by atoms with E-state index < -0.39 is 0 Å². The summed E-state index contributed by atoms with van der Waals surface area (Å²) < 4.78 is 5.11. The lowest BCUT2D eigenvalue weighted by Crippen LogP contribution is -1.95. The second-order valence-electron chi connectivity index (χ2n) is 5.00. The zero-order valence-electron chi connectivity index (χ0n) is 11.0. The molecule has 100 valence electrons. The molecule has 0 spiro atoms. The van der Waals surface area contributed by atoms with Gasteiger partial charge in [-0.25, -0.2) is 4.98 Å². The van der Waals surface area contributed by atoms with Gasteiger partial charge in [0.15, 0.2) is 11.5 Å². The Balaban J connectivity index is 2.09. The molecule has 1 atom stereocenters. The summed E-state index contributed by atoms with van der Waals surface area (Å²) in [4.78, 5) is 7.96. The van der Waals surface area contributed by atoms with Crippen LogP contribution in [0.4, 0.5) is 5.69 Å². The number of nitrogens with two attached hydrogens (primary N) is 1. The van der Waals surface area contributed by atoms with Gasteiger partial charge in [-0.05, 0) is 18.9 Å². The predicted octanol–water partition coefficient (Wildman–Crippen LogP) is 2.42. The molecule has 2 aromatic rings. The standard InChI is InChI=1S/C14H17N3O2/c1-7-3-4-10-13(7)17-14(16-10)8-5-12(19-2)11(18)6-9(8)15/h5-7,18H,3-4,15H2,1-2H3,(H,16,17). The second-order valence-corrected chi connectivity index (χ2v) is 5.00. The fraction of sp³-hybridized carbons (Fsp3) is 0.357. The predicted molar refractivity (Wildman–Crippen MR) is 73.4 cm³/mol. The lowest BCUT2D eigenvalue weighted by Gasteiger charge is -2.08. The molecule has 1 aromatic carbocycles. The molecule has 1 aliphatic rings. The van der Waals surface area contributed by atoms with Crippen LogP contribution in [0.3, 0.4) is 0 Å². The topological polar surface area (TPSA) is 84.2 Å². The number of aromatic hydroxyl groups is 1. The molecule has 0 aliphatic heterocycles. The van der Waals surface area contributed by atoms with Crippen LogP contribution in [-0.2, 0) is 6.42 Å². The number of fused-ring (bicyclic) bond motifs is 1. The maximum Gasteiger partial charge on any atom is 0.161 e. The molecule has 1 aliphatic carbocycles. The average Bonchev–Trinajstić information content (AvgIpc) is 2.92. The number of aromatic amines is 1. The van der Waals surface area contributed by atoms with Gasteiger partial charge >= 0.3 is 0 Å². The first-order valence-electron chi connectivity index (χ1n) is 6.35. The van der Waals surface area contributed by atoms with Crippen LogP contribution in [0.15, 0.2) is 12.1 Å². The number of nitrogen functional groups attached to an aromatic ring is 1. The van der Waals surface area contributed by atoms with Crippen LogP contribution in [0.2, 0.25) is 0 Å². The molecule has 0 saturated carbocycles. The number of phenols is 1. The van der Waals surface area contributed by atoms with Crippen molar-refractivity contribution in [2.75, 3.05) is 12.8 Å². The van der Waals surface area contributed by atoms with E-state index in [0.717, 1.165) is 29.9 Å². The van der Waals surface area contributed by atoms with E-state index in [2.05, 4.69) is 16.9 Å². The molecule has 0 radical (unpaired) electrons. The number of phenolic OH excluding ortho intramolecular Hbond substituents is 1. The van der Waals surface area contributed by atoms with Crippen LogP contribution in [0.5, 0.6) is 11.5 Å². The number of aromatic nitrogens is 2. The lowest BCUT2D eigenvalue weighted by atomic mass is 10.1. The summed E-state index contributed by atoms with van der Waals surface area (Å²) in [6.07, 6.45) is 2.17. The molecule has 4 N–H and O–H groups in total. The van der Waals surface area contributed by atoms with Crippen molar-refractivity contribution in [1.29, 1.82) is 0 Å². The Morgan fingerprint density at radius 3 is 2.95 bits per heavy atom. The molecule has 19 heavy (non-hydrogen) atoms. The number of nitrogens with zero attached hydrogens (tertiary/aromatic N) is 1. The highest BCUT2D eigenvalue weighted by Gasteiger charge is 2.24. The number of rotatable bonds is 2. The number of methoxy groups -OCH3 is 1. The van der Waals surface area contributed by atoms with Gasteiger partial charge in [-0.1, -0.05) is 6.92 Å². The van der Waals surface area contributed by atoms with Crippen molar-refractivity contribution < 1.29 is 9.84 Å². The first kappa shape index (κ1) is 11.9. The number of hydrogen-bond donors (Lipinski definition) is 3. The van der Waals surface area contributed by atoms with E-state index in [9.17, 15) is 5.11 Å². The van der Waals surface area contributed by atoms with Crippen molar-refractivity contribution in [1.82, 2.24) is 9.97 Å². The minimum absolute atomic E-state index is 0.0382. The van der Waals surface area contributed by atoms with E-state index in [0.29, 0.717) is 17.4 Å². The molecule has 0 fully saturated rings. The van der Waals surface area contributed by atoms with Crippen molar-refractivity contribution in [3.63, 3.8) is 0 Å². The SMILES string of the molecule is COc1cc(-c2nc3c([nH]2)CCC3C)c(N)cc1O. The number of H-pyrrole nitrogens is 1. The van der Waals surface area contributed by atoms with Gasteiger partial charge in [0.2, 0.25) is 0 Å². The smallest absolute Gasteiger partial charge is 0.161 e. The maximum atomic E-state index is 9.69. The third kappa shape index (κ3) is 1.82. The Labute approximate surface area is 111 Å². The molecule has 0 amide bonds. The van der Waals surface area contributed by atoms with Gasteiger partial charge in [0, 0.05) is 28.9 Å². The molecular weight excluding hydrogens is 242 g/mol. The minimum atomic E-state index is 0.0382. The van der Waals surface area contributed by atoms with Crippen LogP contribution >= 0.6 is 0 Å². The fourth-order valence-corrected chi connectivity index (χ4v) is 2.60. The zero-order valence-corrected chi connectivity index (χ0v) is 11.0. The molecule has 1 aromatic heterocycles. The Morgan fingerprint density at radius 2 is 2.26 bits per heavy atom. The van der Waals surface area contributed by atoms with Crippen LogP contribution in [-0.4, -0.2) is 22.2 Å². The average molecular weight is 259 g/mol. The van der Waals surface area contributed by atoms with E-state index in [-0.39, 0.29) is 5.75 Å². The van der Waals surface area contributed by atoms with Crippen molar-refractivity contribution in [3.8, 4) is 22.9 Å². The molecular formula is C14H17N3O2. The first-order valence-corrected chi connectivity index (χ1v) is 6.35. The summed E-state index contributed by atoms with van der Waals surface area (Å²) in [7, 11) is 1.51. The van der Waals surface area contributed by atoms with Crippen LogP contribution in [0.1, 0.15) is 30.7 Å². The third-order valence-corrected chi connectivity index (χ3v) is 3.71. The van der Waals surface area contributed by atoms with Crippen LogP contribution < -0.4 is 10.5 Å². The van der Waals surface area contributed by atoms with E-state index >= 15 is 0 Å². The normalized spacial score (nSPS) is 17.5. The molecule has 3 rings (SSSR count). The lowest BCUT2D eigenvalue weighted by molar-refractivity contribution is 0.374. The number of ether oxygens (including phenoxy) is 1. The molecule has 1 heterocycles. The largest absolute Gasteiger partial charge is 0.504 e. The number of benzene rings is 1. The number of hydrogen-bond acceptors (Lipinski definition) is 4. The summed E-state index contributed by atoms with van der Waals surface area (Å²) in [6.45, 7) is 2.18. The van der Waals surface area contributed by atoms with Crippen LogP contribution in [0.25, 0.3) is 11.4 Å². The van der Waals surface area contributed by atoms with Crippen molar-refractivity contribution >= 4 is 5.69 Å². The Bertz CT molecular complexity index is 634. The minimum Gasteiger partial charge on any atom is -0.504 e. The number of aryl methyl sites for hydroxylation is 1. The van der Waals surface area contributed by atoms with Gasteiger partial charge in [-0.15, -0.1) is 0 Å². The third-order valence-electron chi connectivity index (χ3n) is 3.71. The highest BCUT2D eigenvalue weighted by molar-refractivity contribution is 5.76. The summed E-state index contributed by atoms with van der Waals surface area (Å²) in [6, 6.07) is 3.20. The van der Waals surface area contributed by atoms with Crippen molar-refractivity contribution in [2.45, 2.75) is 25.7 Å². The molecule has 0 saturated heterocycles. The molecule has 5 nitrogen and oxygen atoms in total. The van der Waals surface area contributed by atoms with E-state index in [1.165, 1.54) is 18.9 Å². The highest BCUT2D eigenvalue weighted by Crippen LogP contribution is 2.38. The van der Waals surface area contributed by atoms with Crippen molar-refractivity contribution in [3.05, 3.63) is 23.5 Å². The van der Waals surface area contributed by atoms with E-state index in [4.69, 9.17) is 10.5 Å². The molecule has 5 heteroatoms. The van der Waals surface area contributed by atoms with Gasteiger partial charge < -0.3 is 20.6 Å². The van der Waals surface area contributed by atoms with Gasteiger partial charge in [-0.2, -0.15) is 0 Å². The first-order chi connectivity index (χ1) is 9.10. The fourth-order valence-electron chi connectivity index (χ4n) is 2.60. The number of imidazole rings is 1. The Hall–Kier alpha value is -2.17. The zero-order chi connectivity index (χ0) is 13.6. The van der Waals surface area contributed by atoms with E-state index in [1.807, 2.05) is 0 Å². The summed E-state index contributed by atoms with van der Waals surface area (Å²) in [5.74, 6) is 1.66. The van der Waals surface area contributed by atoms with Crippen molar-refractivity contribution in [2.24, 2.45) is 0 Å². The van der Waals surface area contributed by atoms with Gasteiger partial charge in [0.25, 0.3) is 0 Å². The summed E-state index contributed by atoms with van der Waals surface area (Å²) in [5, 5.41) is 9.69. The number of anilines is 1. The molecule has 0 bridgehead atoms. The number of nitrogens with one attached hydrogen (secondary N) is 1. The highest BCUT2D eigenvalue weighted by atomic mass is 16.5. The Morgan fingerprint density at radius 1 is 1.47 bits per heavy atom. The quantitative estimate of drug-likeness (QED) is 0.723. The Kier molecular flexibility index (Phi) is 2.62. The summed E-state index contributed by atoms with van der Waals surface area (Å²) in [5.41, 5.74) is 9.52. The van der Waals surface area contributed by atoms with Crippen LogP contribution in [0, 0.1) is 0 Å². The van der Waals surface area contributed by atoms with Gasteiger partial charge in [0.05, 0.1) is 12.8 Å². The summed E-state index contributed by atoms with van der Waals surface area (Å²) >= 11 is 0. The van der Waals surface area contributed by atoms with Gasteiger partial charge in [0.1, 0.15) is 5.82 Å². The van der Waals surface area contributed by atoms with Gasteiger partial charge in [-0.3, -0.25) is 0 Å². The maximum absolute atomic E-state index is 9.69.